The van der Waals surface area contributed by atoms with Crippen LogP contribution < -0.4 is 5.19 Å². The minimum absolute atomic E-state index is 0.192. The molecule has 0 aromatic heterocycles. The Labute approximate surface area is 80.2 Å². The number of fused-ring (bicyclic) bond motifs is 1. The fraction of sp³-hybridized carbons (Fsp3) is 0.250. The van der Waals surface area contributed by atoms with E-state index in [1.807, 2.05) is 0 Å². The van der Waals surface area contributed by atoms with Gasteiger partial charge in [-0.1, -0.05) is 35.5 Å². The second-order valence-corrected chi connectivity index (χ2v) is 5.44. The molecule has 1 aromatic carbocycles. The van der Waals surface area contributed by atoms with Gasteiger partial charge >= 0.3 is 8.25 Å². The van der Waals surface area contributed by atoms with Crippen LogP contribution in [0.5, 0.6) is 0 Å². The molecule has 0 unspecified atom stereocenters. The zero-order valence-electron chi connectivity index (χ0n) is 7.23. The van der Waals surface area contributed by atoms with E-state index in [1.54, 1.807) is 10.8 Å². The first-order valence-corrected chi connectivity index (χ1v) is 7.20. The molecule has 1 aliphatic rings. The van der Waals surface area contributed by atoms with Gasteiger partial charge in [0.25, 0.3) is 0 Å². The van der Waals surface area contributed by atoms with Gasteiger partial charge in [-0.15, -0.1) is 0 Å². The minimum atomic E-state index is -3.13. The van der Waals surface area contributed by atoms with Gasteiger partial charge in [0.15, 0.2) is 0 Å². The molecule has 72 valence electrons. The van der Waals surface area contributed by atoms with Gasteiger partial charge in [-0.3, -0.25) is 4.57 Å². The molecule has 0 spiro atoms. The van der Waals surface area contributed by atoms with Gasteiger partial charge in [0, 0.05) is 0 Å². The van der Waals surface area contributed by atoms with Crippen molar-refractivity contribution in [1.29, 1.82) is 0 Å². The molecule has 0 amide bonds. The summed E-state index contributed by atoms with van der Waals surface area (Å²) in [6.45, 7) is 0. The molecule has 0 aliphatic carbocycles. The summed E-state index contributed by atoms with van der Waals surface area (Å²) in [6.07, 6.45) is 1.36. The molecule has 0 bridgehead atoms. The van der Waals surface area contributed by atoms with Crippen LogP contribution in [0.15, 0.2) is 24.3 Å². The first-order valence-electron chi connectivity index (χ1n) is 4.19. The largest absolute Gasteiger partial charge is 0.326 e. The first kappa shape index (κ1) is 10.7. The van der Waals surface area contributed by atoms with Crippen molar-refractivity contribution in [3.63, 3.8) is 0 Å². The third-order valence-corrected chi connectivity index (χ3v) is 3.95. The summed E-state index contributed by atoms with van der Waals surface area (Å²) in [5.74, 6) is 0. The van der Waals surface area contributed by atoms with Crippen LogP contribution in [0.4, 0.5) is 0 Å². The molecule has 5 heteroatoms. The minimum Gasteiger partial charge on any atom is -0.326 e. The molecule has 1 heterocycles. The number of aryl methyl sites for hydroxylation is 1. The highest BCUT2D eigenvalue weighted by molar-refractivity contribution is 7.30. The fourth-order valence-corrected chi connectivity index (χ4v) is 3.37. The molecule has 0 fully saturated rings. The Morgan fingerprint density at radius 3 is 2.54 bits per heavy atom. The predicted molar refractivity (Wildman–Crippen MR) is 56.6 cm³/mol. The van der Waals surface area contributed by atoms with Gasteiger partial charge in [-0.05, 0) is 12.0 Å². The van der Waals surface area contributed by atoms with E-state index < -0.39 is 8.25 Å². The fourth-order valence-electron chi connectivity index (χ4n) is 1.51. The first-order chi connectivity index (χ1) is 6.20. The Hall–Kier alpha value is -0.413. The summed E-state index contributed by atoms with van der Waals surface area (Å²) in [6, 6.07) is 10.4. The molecule has 1 aliphatic heterocycles. The van der Waals surface area contributed by atoms with Crippen molar-refractivity contribution in [3.05, 3.63) is 29.8 Å². The topological polar surface area (TPSA) is 57.5 Å². The molecule has 0 atom stereocenters. The molecule has 3 nitrogen and oxygen atoms in total. The Kier molecular flexibility index (Phi) is 4.39. The van der Waals surface area contributed by atoms with Crippen molar-refractivity contribution in [1.82, 2.24) is 0 Å². The quantitative estimate of drug-likeness (QED) is 0.467. The highest BCUT2D eigenvalue weighted by atomic mass is 31.1. The maximum Gasteiger partial charge on any atom is 0.314 e. The second kappa shape index (κ2) is 5.35. The van der Waals surface area contributed by atoms with Crippen molar-refractivity contribution in [3.8, 4) is 0 Å². The van der Waals surface area contributed by atoms with Crippen molar-refractivity contribution in [2.45, 2.75) is 12.5 Å². The average Bonchev–Trinajstić information content (AvgIpc) is 2.49. The van der Waals surface area contributed by atoms with E-state index >= 15 is 0 Å². The van der Waals surface area contributed by atoms with E-state index in [2.05, 4.69) is 24.3 Å². The highest BCUT2D eigenvalue weighted by Crippen LogP contribution is 2.06. The van der Waals surface area contributed by atoms with E-state index in [4.69, 9.17) is 14.4 Å². The zero-order chi connectivity index (χ0) is 9.68. The number of rotatable bonds is 0. The molecule has 2 rings (SSSR count). The van der Waals surface area contributed by atoms with Gasteiger partial charge in [0.05, 0.1) is 9.52 Å². The molecule has 2 N–H and O–H groups in total. The summed E-state index contributed by atoms with van der Waals surface area (Å²) in [5.41, 5.74) is 1.63. The van der Waals surface area contributed by atoms with Crippen molar-refractivity contribution in [2.75, 3.05) is 0 Å². The van der Waals surface area contributed by atoms with Gasteiger partial charge in [0.2, 0.25) is 0 Å². The van der Waals surface area contributed by atoms with Crippen LogP contribution in [0, 0.1) is 0 Å². The lowest BCUT2D eigenvalue weighted by Gasteiger charge is -1.93. The van der Waals surface area contributed by atoms with Gasteiger partial charge in [-0.25, -0.2) is 0 Å². The van der Waals surface area contributed by atoms with E-state index in [0.29, 0.717) is 0 Å². The SMILES string of the molecule is O=[PH](O)O.c1ccc2c(c1)CC[SiH2]2. The molecule has 1 aromatic rings. The van der Waals surface area contributed by atoms with Gasteiger partial charge in [-0.2, -0.15) is 0 Å². The third-order valence-electron chi connectivity index (χ3n) is 2.01. The monoisotopic (exact) mass is 216 g/mol. The van der Waals surface area contributed by atoms with E-state index in [0.717, 1.165) is 0 Å². The van der Waals surface area contributed by atoms with Crippen LogP contribution in [0.2, 0.25) is 6.04 Å². The summed E-state index contributed by atoms with van der Waals surface area (Å²) in [7, 11) is -2.94. The van der Waals surface area contributed by atoms with Crippen molar-refractivity contribution < 1.29 is 14.4 Å². The standard InChI is InChI=1S/C8H10Si.H3O3P/c1-2-4-8-7(3-1)5-6-9-8;1-4(2)3/h1-4H,5-6,9H2;4H,(H2,1,2,3). The van der Waals surface area contributed by atoms with Crippen LogP contribution in [-0.4, -0.2) is 19.3 Å². The van der Waals surface area contributed by atoms with Crippen LogP contribution in [0.3, 0.4) is 0 Å². The van der Waals surface area contributed by atoms with Crippen molar-refractivity contribution >= 4 is 23.0 Å². The third kappa shape index (κ3) is 3.87. The summed E-state index contributed by atoms with van der Waals surface area (Å²) in [5, 5.41) is 1.71. The number of hydrogen-bond donors (Lipinski definition) is 2. The Morgan fingerprint density at radius 2 is 1.92 bits per heavy atom. The lowest BCUT2D eigenvalue weighted by atomic mass is 10.2. The molecule has 0 radical (unpaired) electrons. The van der Waals surface area contributed by atoms with Gasteiger partial charge < -0.3 is 9.79 Å². The smallest absolute Gasteiger partial charge is 0.314 e. The molecule has 0 saturated heterocycles. The highest BCUT2D eigenvalue weighted by Gasteiger charge is 2.07. The summed E-state index contributed by atoms with van der Waals surface area (Å²) in [4.78, 5) is 14.3. The lowest BCUT2D eigenvalue weighted by Crippen LogP contribution is -2.08. The summed E-state index contributed by atoms with van der Waals surface area (Å²) >= 11 is 0. The maximum absolute atomic E-state index is 8.74. The van der Waals surface area contributed by atoms with Crippen LogP contribution in [0.1, 0.15) is 5.56 Å². The Morgan fingerprint density at radius 1 is 1.31 bits per heavy atom. The zero-order valence-corrected chi connectivity index (χ0v) is 9.65. The van der Waals surface area contributed by atoms with Crippen molar-refractivity contribution in [2.24, 2.45) is 0 Å². The van der Waals surface area contributed by atoms with Crippen LogP contribution in [0.25, 0.3) is 0 Å². The molecule has 13 heavy (non-hydrogen) atoms. The van der Waals surface area contributed by atoms with E-state index in [-0.39, 0.29) is 9.52 Å². The van der Waals surface area contributed by atoms with E-state index in [1.165, 1.54) is 12.5 Å². The van der Waals surface area contributed by atoms with Gasteiger partial charge in [0.1, 0.15) is 0 Å². The van der Waals surface area contributed by atoms with Crippen LogP contribution in [-0.2, 0) is 11.0 Å². The number of benzene rings is 1. The second-order valence-electron chi connectivity index (χ2n) is 2.90. The Bertz CT molecular complexity index is 276. The summed E-state index contributed by atoms with van der Waals surface area (Å²) < 4.78 is 8.74. The average molecular weight is 216 g/mol. The maximum atomic E-state index is 8.74. The lowest BCUT2D eigenvalue weighted by molar-refractivity contribution is 0.405. The van der Waals surface area contributed by atoms with E-state index in [9.17, 15) is 0 Å². The molecule has 0 saturated carbocycles. The van der Waals surface area contributed by atoms with Crippen LogP contribution >= 0.6 is 8.25 Å². The number of hydrogen-bond acceptors (Lipinski definition) is 1. The normalized spacial score (nSPS) is 15.3. The molecular formula is C8H13O3PSi. The Balaban J connectivity index is 0.000000184. The molecular weight excluding hydrogens is 203 g/mol. The predicted octanol–water partition coefficient (Wildman–Crippen LogP) is -0.184.